The van der Waals surface area contributed by atoms with Crippen molar-refractivity contribution in [1.29, 1.82) is 0 Å². The molecule has 2 atom stereocenters. The van der Waals surface area contributed by atoms with Crippen LogP contribution in [0.1, 0.15) is 57.2 Å². The molecule has 3 rings (SSSR count). The molecule has 0 aromatic carbocycles. The van der Waals surface area contributed by atoms with Crippen LogP contribution in [0.2, 0.25) is 0 Å². The number of nitrogens with zero attached hydrogens (tertiary/aromatic N) is 2. The maximum atomic E-state index is 9.86. The number of nitrogens with one attached hydrogen (secondary N) is 1. The average Bonchev–Trinajstić information content (AvgIpc) is 3.22. The molecule has 2 fully saturated rings. The lowest BCUT2D eigenvalue weighted by atomic mass is 9.77. The first-order valence-corrected chi connectivity index (χ1v) is 8.33. The third kappa shape index (κ3) is 3.14. The predicted octanol–water partition coefficient (Wildman–Crippen LogP) is 3.47. The summed E-state index contributed by atoms with van der Waals surface area (Å²) in [7, 11) is 0. The lowest BCUT2D eigenvalue weighted by Gasteiger charge is -2.39. The summed E-state index contributed by atoms with van der Waals surface area (Å²) in [6.07, 6.45) is 6.81. The molecule has 0 aliphatic heterocycles. The lowest BCUT2D eigenvalue weighted by Crippen LogP contribution is -2.46. The molecule has 1 aromatic heterocycles. The van der Waals surface area contributed by atoms with Crippen molar-refractivity contribution < 1.29 is 5.11 Å². The number of rotatable bonds is 4. The van der Waals surface area contributed by atoms with E-state index in [2.05, 4.69) is 38.1 Å². The minimum absolute atomic E-state index is 0.164. The monoisotopic (exact) mass is 339 g/mol. The molecule has 5 heteroatoms. The fourth-order valence-electron chi connectivity index (χ4n) is 3.25. The Labute approximate surface area is 128 Å². The molecule has 2 N–H and O–H groups in total. The summed E-state index contributed by atoms with van der Waals surface area (Å²) in [4.78, 5) is 9.10. The van der Waals surface area contributed by atoms with Crippen molar-refractivity contribution in [2.75, 3.05) is 11.9 Å². The molecular formula is C15H22BrN3O. The van der Waals surface area contributed by atoms with Crippen LogP contribution in [0.5, 0.6) is 0 Å². The van der Waals surface area contributed by atoms with E-state index in [0.717, 1.165) is 35.5 Å². The largest absolute Gasteiger partial charge is 0.394 e. The molecule has 1 heterocycles. The summed E-state index contributed by atoms with van der Waals surface area (Å²) >= 11 is 3.47. The van der Waals surface area contributed by atoms with Crippen molar-refractivity contribution >= 4 is 21.7 Å². The van der Waals surface area contributed by atoms with Gasteiger partial charge in [-0.3, -0.25) is 0 Å². The summed E-state index contributed by atoms with van der Waals surface area (Å²) in [6.45, 7) is 2.43. The quantitative estimate of drug-likeness (QED) is 0.824. The van der Waals surface area contributed by atoms with Crippen molar-refractivity contribution in [2.24, 2.45) is 5.92 Å². The Kier molecular flexibility index (Phi) is 4.00. The zero-order chi connectivity index (χ0) is 14.2. The van der Waals surface area contributed by atoms with Gasteiger partial charge in [-0.2, -0.15) is 0 Å². The fraction of sp³-hybridized carbons (Fsp3) is 0.733. The third-order valence-corrected chi connectivity index (χ3v) is 4.85. The molecule has 20 heavy (non-hydrogen) atoms. The number of aromatic nitrogens is 2. The maximum Gasteiger partial charge on any atom is 0.135 e. The van der Waals surface area contributed by atoms with Gasteiger partial charge in [-0.25, -0.2) is 9.97 Å². The van der Waals surface area contributed by atoms with E-state index >= 15 is 0 Å². The molecule has 0 saturated heterocycles. The van der Waals surface area contributed by atoms with Gasteiger partial charge in [0.15, 0.2) is 0 Å². The van der Waals surface area contributed by atoms with E-state index in [4.69, 9.17) is 0 Å². The number of aliphatic hydroxyl groups is 1. The molecular weight excluding hydrogens is 318 g/mol. The van der Waals surface area contributed by atoms with E-state index in [1.165, 1.54) is 19.3 Å². The summed E-state index contributed by atoms with van der Waals surface area (Å²) in [5.41, 5.74) is -0.216. The first-order chi connectivity index (χ1) is 9.60. The molecule has 0 spiro atoms. The van der Waals surface area contributed by atoms with Crippen LogP contribution in [0.4, 0.5) is 5.82 Å². The molecule has 4 nitrogen and oxygen atoms in total. The summed E-state index contributed by atoms with van der Waals surface area (Å²) in [5, 5.41) is 13.4. The zero-order valence-corrected chi connectivity index (χ0v) is 13.5. The second kappa shape index (κ2) is 5.60. The van der Waals surface area contributed by atoms with Gasteiger partial charge in [0, 0.05) is 12.0 Å². The van der Waals surface area contributed by atoms with Gasteiger partial charge in [-0.05, 0) is 47.5 Å². The number of hydrogen-bond donors (Lipinski definition) is 2. The van der Waals surface area contributed by atoms with Gasteiger partial charge in [0.1, 0.15) is 16.2 Å². The van der Waals surface area contributed by atoms with Crippen LogP contribution in [0.15, 0.2) is 10.7 Å². The Morgan fingerprint density at radius 1 is 1.40 bits per heavy atom. The highest BCUT2D eigenvalue weighted by Crippen LogP contribution is 2.40. The van der Waals surface area contributed by atoms with Crippen molar-refractivity contribution in [3.8, 4) is 0 Å². The number of anilines is 1. The van der Waals surface area contributed by atoms with Gasteiger partial charge in [0.2, 0.25) is 0 Å². The van der Waals surface area contributed by atoms with E-state index in [0.29, 0.717) is 11.8 Å². The molecule has 2 saturated carbocycles. The van der Waals surface area contributed by atoms with Crippen molar-refractivity contribution in [3.63, 3.8) is 0 Å². The highest BCUT2D eigenvalue weighted by Gasteiger charge is 2.35. The van der Waals surface area contributed by atoms with Crippen LogP contribution >= 0.6 is 15.9 Å². The molecule has 2 aliphatic carbocycles. The van der Waals surface area contributed by atoms with Gasteiger partial charge in [-0.15, -0.1) is 0 Å². The van der Waals surface area contributed by atoms with Gasteiger partial charge in [0.25, 0.3) is 0 Å². The topological polar surface area (TPSA) is 58.0 Å². The fourth-order valence-corrected chi connectivity index (χ4v) is 3.65. The highest BCUT2D eigenvalue weighted by atomic mass is 79.9. The van der Waals surface area contributed by atoms with E-state index in [1.54, 1.807) is 0 Å². The molecule has 1 aromatic rings. The molecule has 2 unspecified atom stereocenters. The van der Waals surface area contributed by atoms with Crippen molar-refractivity contribution in [2.45, 2.75) is 56.9 Å². The SMILES string of the molecule is CC1CCCC(CO)(Nc2cc(Br)nc(C3CC3)n2)C1. The first-order valence-electron chi connectivity index (χ1n) is 7.54. The van der Waals surface area contributed by atoms with E-state index in [-0.39, 0.29) is 12.1 Å². The number of aliphatic hydroxyl groups excluding tert-OH is 1. The van der Waals surface area contributed by atoms with Crippen LogP contribution in [0.25, 0.3) is 0 Å². The van der Waals surface area contributed by atoms with Crippen LogP contribution in [0.3, 0.4) is 0 Å². The lowest BCUT2D eigenvalue weighted by molar-refractivity contribution is 0.149. The standard InChI is InChI=1S/C15H22BrN3O/c1-10-3-2-6-15(8-10,9-20)19-13-7-12(16)17-14(18-13)11-4-5-11/h7,10-11,20H,2-6,8-9H2,1H3,(H,17,18,19). The Bertz CT molecular complexity index is 492. The molecule has 0 bridgehead atoms. The minimum atomic E-state index is -0.216. The molecule has 0 amide bonds. The molecule has 2 aliphatic rings. The predicted molar refractivity (Wildman–Crippen MR) is 82.8 cm³/mol. The van der Waals surface area contributed by atoms with Crippen molar-refractivity contribution in [1.82, 2.24) is 9.97 Å². The highest BCUT2D eigenvalue weighted by molar-refractivity contribution is 9.10. The van der Waals surface area contributed by atoms with Crippen molar-refractivity contribution in [3.05, 3.63) is 16.5 Å². The summed E-state index contributed by atoms with van der Waals surface area (Å²) in [5.74, 6) is 2.95. The Hall–Kier alpha value is -0.680. The van der Waals surface area contributed by atoms with Gasteiger partial charge in [0.05, 0.1) is 12.1 Å². The van der Waals surface area contributed by atoms with Gasteiger partial charge in [-0.1, -0.05) is 19.8 Å². The second-order valence-electron chi connectivity index (χ2n) is 6.47. The van der Waals surface area contributed by atoms with Gasteiger partial charge >= 0.3 is 0 Å². The van der Waals surface area contributed by atoms with Gasteiger partial charge < -0.3 is 10.4 Å². The van der Waals surface area contributed by atoms with E-state index < -0.39 is 0 Å². The van der Waals surface area contributed by atoms with Crippen LogP contribution in [-0.2, 0) is 0 Å². The Balaban J connectivity index is 1.81. The number of hydrogen-bond acceptors (Lipinski definition) is 4. The van der Waals surface area contributed by atoms with E-state index in [1.807, 2.05) is 6.07 Å². The number of halogens is 1. The molecule has 0 radical (unpaired) electrons. The van der Waals surface area contributed by atoms with E-state index in [9.17, 15) is 5.11 Å². The summed E-state index contributed by atoms with van der Waals surface area (Å²) < 4.78 is 0.828. The summed E-state index contributed by atoms with van der Waals surface area (Å²) in [6, 6.07) is 1.92. The van der Waals surface area contributed by atoms with Crippen LogP contribution < -0.4 is 5.32 Å². The minimum Gasteiger partial charge on any atom is -0.394 e. The first kappa shape index (κ1) is 14.3. The van der Waals surface area contributed by atoms with Crippen LogP contribution in [0, 0.1) is 5.92 Å². The third-order valence-electron chi connectivity index (χ3n) is 4.44. The van der Waals surface area contributed by atoms with Crippen LogP contribution in [-0.4, -0.2) is 27.2 Å². The second-order valence-corrected chi connectivity index (χ2v) is 7.29. The molecule has 110 valence electrons. The maximum absolute atomic E-state index is 9.86. The zero-order valence-electron chi connectivity index (χ0n) is 11.9. The normalized spacial score (nSPS) is 30.2. The smallest absolute Gasteiger partial charge is 0.135 e. The Morgan fingerprint density at radius 3 is 2.85 bits per heavy atom. The Morgan fingerprint density at radius 2 is 2.20 bits per heavy atom. The average molecular weight is 340 g/mol.